The third-order valence-corrected chi connectivity index (χ3v) is 5.62. The molecule has 3 atom stereocenters. The second-order valence-electron chi connectivity index (χ2n) is 7.45. The minimum atomic E-state index is -0.726. The molecule has 4 heteroatoms. The summed E-state index contributed by atoms with van der Waals surface area (Å²) in [5.74, 6) is 0.0865. The van der Waals surface area contributed by atoms with Crippen LogP contribution in [0.3, 0.4) is 0 Å². The first-order valence-electron chi connectivity index (χ1n) is 9.63. The van der Waals surface area contributed by atoms with Crippen LogP contribution in [0.25, 0.3) is 11.1 Å². The van der Waals surface area contributed by atoms with Crippen molar-refractivity contribution in [3.05, 3.63) is 89.5 Å². The number of aliphatic hydroxyl groups excluding tert-OH is 2. The Kier molecular flexibility index (Phi) is 5.18. The smallest absolute Gasteiger partial charge is 0.115 e. The van der Waals surface area contributed by atoms with Crippen LogP contribution in [0.2, 0.25) is 0 Å². The molecule has 0 saturated heterocycles. The number of rotatable bonds is 6. The van der Waals surface area contributed by atoms with E-state index in [1.807, 2.05) is 31.2 Å². The van der Waals surface area contributed by atoms with Gasteiger partial charge in [0.1, 0.15) is 5.75 Å². The van der Waals surface area contributed by atoms with Gasteiger partial charge in [-0.05, 0) is 46.9 Å². The van der Waals surface area contributed by atoms with Gasteiger partial charge in [0, 0.05) is 18.5 Å². The molecule has 1 aliphatic rings. The second kappa shape index (κ2) is 7.76. The fourth-order valence-corrected chi connectivity index (χ4v) is 4.11. The Balaban J connectivity index is 1.48. The molecule has 144 valence electrons. The summed E-state index contributed by atoms with van der Waals surface area (Å²) in [6.45, 7) is 2.25. The van der Waals surface area contributed by atoms with Crippen LogP contribution in [0.4, 0.5) is 0 Å². The van der Waals surface area contributed by atoms with Gasteiger partial charge in [0.05, 0.1) is 12.2 Å². The molecule has 0 bridgehead atoms. The van der Waals surface area contributed by atoms with E-state index in [9.17, 15) is 15.3 Å². The van der Waals surface area contributed by atoms with Gasteiger partial charge in [0.25, 0.3) is 0 Å². The van der Waals surface area contributed by atoms with Crippen LogP contribution in [0.1, 0.15) is 35.6 Å². The van der Waals surface area contributed by atoms with E-state index in [0.717, 1.165) is 16.7 Å². The highest BCUT2D eigenvalue weighted by Gasteiger charge is 2.33. The molecule has 0 aromatic heterocycles. The van der Waals surface area contributed by atoms with Gasteiger partial charge in [-0.1, -0.05) is 60.7 Å². The summed E-state index contributed by atoms with van der Waals surface area (Å²) in [6, 6.07) is 22.7. The number of nitrogens with one attached hydrogen (secondary N) is 1. The number of hydrogen-bond donors (Lipinski definition) is 4. The van der Waals surface area contributed by atoms with Gasteiger partial charge in [0.15, 0.2) is 0 Å². The number of phenolic OH excluding ortho intramolecular Hbond substituents is 1. The Morgan fingerprint density at radius 2 is 1.36 bits per heavy atom. The largest absolute Gasteiger partial charge is 0.508 e. The quantitative estimate of drug-likeness (QED) is 0.531. The molecule has 1 aliphatic carbocycles. The molecule has 0 aliphatic heterocycles. The minimum Gasteiger partial charge on any atom is -0.508 e. The monoisotopic (exact) mass is 375 g/mol. The van der Waals surface area contributed by atoms with Crippen molar-refractivity contribution in [2.45, 2.75) is 31.1 Å². The van der Waals surface area contributed by atoms with Crippen molar-refractivity contribution in [1.82, 2.24) is 5.32 Å². The number of aromatic hydroxyl groups is 1. The van der Waals surface area contributed by atoms with E-state index < -0.39 is 12.2 Å². The SMILES string of the molecule is CC(NCC(O)C1c2ccccc2-c2ccccc21)C(O)c1ccc(O)cc1. The van der Waals surface area contributed by atoms with E-state index >= 15 is 0 Å². The molecule has 0 heterocycles. The third kappa shape index (κ3) is 3.42. The van der Waals surface area contributed by atoms with E-state index in [1.54, 1.807) is 24.3 Å². The van der Waals surface area contributed by atoms with Crippen LogP contribution in [-0.2, 0) is 0 Å². The first kappa shape index (κ1) is 18.7. The van der Waals surface area contributed by atoms with Crippen molar-refractivity contribution in [2.24, 2.45) is 0 Å². The number of aliphatic hydroxyl groups is 2. The van der Waals surface area contributed by atoms with Crippen molar-refractivity contribution in [2.75, 3.05) is 6.54 Å². The topological polar surface area (TPSA) is 72.7 Å². The lowest BCUT2D eigenvalue weighted by Crippen LogP contribution is -2.39. The summed E-state index contributed by atoms with van der Waals surface area (Å²) in [6.07, 6.45) is -1.34. The standard InChI is InChI=1S/C24H25NO3/c1-15(24(28)16-10-12-17(26)13-11-16)25-14-22(27)23-20-8-4-2-6-18(20)19-7-3-5-9-21(19)23/h2-13,15,22-28H,14H2,1H3. The van der Waals surface area contributed by atoms with Crippen molar-refractivity contribution < 1.29 is 15.3 Å². The van der Waals surface area contributed by atoms with Gasteiger partial charge < -0.3 is 20.6 Å². The Labute approximate surface area is 165 Å². The van der Waals surface area contributed by atoms with Crippen LogP contribution in [0, 0.1) is 0 Å². The minimum absolute atomic E-state index is 0.0853. The maximum absolute atomic E-state index is 11.0. The highest BCUT2D eigenvalue weighted by atomic mass is 16.3. The molecule has 4 rings (SSSR count). The summed E-state index contributed by atoms with van der Waals surface area (Å²) in [5.41, 5.74) is 5.37. The molecule has 0 radical (unpaired) electrons. The summed E-state index contributed by atoms with van der Waals surface area (Å²) >= 11 is 0. The fourth-order valence-electron chi connectivity index (χ4n) is 4.11. The maximum atomic E-state index is 11.0. The number of fused-ring (bicyclic) bond motifs is 3. The molecular weight excluding hydrogens is 350 g/mol. The zero-order valence-corrected chi connectivity index (χ0v) is 15.8. The second-order valence-corrected chi connectivity index (χ2v) is 7.45. The van der Waals surface area contributed by atoms with Crippen LogP contribution in [-0.4, -0.2) is 34.0 Å². The molecule has 4 N–H and O–H groups in total. The molecule has 3 unspecified atom stereocenters. The zero-order chi connectivity index (χ0) is 19.7. The average Bonchev–Trinajstić information content (AvgIpc) is 3.06. The molecular formula is C24H25NO3. The van der Waals surface area contributed by atoms with Gasteiger partial charge in [-0.3, -0.25) is 0 Å². The Bertz CT molecular complexity index is 909. The maximum Gasteiger partial charge on any atom is 0.115 e. The molecule has 28 heavy (non-hydrogen) atoms. The molecule has 3 aromatic carbocycles. The Morgan fingerprint density at radius 1 is 0.821 bits per heavy atom. The summed E-state index contributed by atoms with van der Waals surface area (Å²) < 4.78 is 0. The van der Waals surface area contributed by atoms with E-state index in [0.29, 0.717) is 6.54 Å². The Hall–Kier alpha value is -2.66. The predicted molar refractivity (Wildman–Crippen MR) is 110 cm³/mol. The van der Waals surface area contributed by atoms with Gasteiger partial charge in [-0.15, -0.1) is 0 Å². The Morgan fingerprint density at radius 3 is 1.93 bits per heavy atom. The van der Waals surface area contributed by atoms with Crippen molar-refractivity contribution in [3.63, 3.8) is 0 Å². The first-order chi connectivity index (χ1) is 13.6. The van der Waals surface area contributed by atoms with Crippen LogP contribution >= 0.6 is 0 Å². The normalized spacial score (nSPS) is 16.2. The van der Waals surface area contributed by atoms with Crippen molar-refractivity contribution in [1.29, 1.82) is 0 Å². The van der Waals surface area contributed by atoms with E-state index in [-0.39, 0.29) is 17.7 Å². The lowest BCUT2D eigenvalue weighted by molar-refractivity contribution is 0.111. The number of hydrogen-bond acceptors (Lipinski definition) is 4. The molecule has 0 amide bonds. The third-order valence-electron chi connectivity index (χ3n) is 5.62. The molecule has 3 aromatic rings. The lowest BCUT2D eigenvalue weighted by Gasteiger charge is -2.25. The zero-order valence-electron chi connectivity index (χ0n) is 15.8. The van der Waals surface area contributed by atoms with Crippen LogP contribution < -0.4 is 5.32 Å². The predicted octanol–water partition coefficient (Wildman–Crippen LogP) is 3.58. The average molecular weight is 375 g/mol. The fraction of sp³-hybridized carbons (Fsp3) is 0.250. The summed E-state index contributed by atoms with van der Waals surface area (Å²) in [5, 5.41) is 34.2. The van der Waals surface area contributed by atoms with Gasteiger partial charge in [-0.25, -0.2) is 0 Å². The molecule has 0 spiro atoms. The summed E-state index contributed by atoms with van der Waals surface area (Å²) in [4.78, 5) is 0. The van der Waals surface area contributed by atoms with Crippen LogP contribution in [0.15, 0.2) is 72.8 Å². The van der Waals surface area contributed by atoms with E-state index in [2.05, 4.69) is 29.6 Å². The van der Waals surface area contributed by atoms with Crippen LogP contribution in [0.5, 0.6) is 5.75 Å². The lowest BCUT2D eigenvalue weighted by atomic mass is 9.91. The highest BCUT2D eigenvalue weighted by molar-refractivity contribution is 5.79. The first-order valence-corrected chi connectivity index (χ1v) is 9.63. The van der Waals surface area contributed by atoms with Crippen molar-refractivity contribution in [3.8, 4) is 16.9 Å². The van der Waals surface area contributed by atoms with Crippen molar-refractivity contribution >= 4 is 0 Å². The number of phenols is 1. The summed E-state index contributed by atoms with van der Waals surface area (Å²) in [7, 11) is 0. The van der Waals surface area contributed by atoms with Gasteiger partial charge in [0.2, 0.25) is 0 Å². The molecule has 0 saturated carbocycles. The van der Waals surface area contributed by atoms with E-state index in [1.165, 1.54) is 11.1 Å². The van der Waals surface area contributed by atoms with Gasteiger partial charge in [-0.2, -0.15) is 0 Å². The molecule has 4 nitrogen and oxygen atoms in total. The molecule has 0 fully saturated rings. The highest BCUT2D eigenvalue weighted by Crippen LogP contribution is 2.45. The number of benzene rings is 3. The van der Waals surface area contributed by atoms with Gasteiger partial charge >= 0.3 is 0 Å². The van der Waals surface area contributed by atoms with E-state index in [4.69, 9.17) is 0 Å².